The van der Waals surface area contributed by atoms with Crippen molar-refractivity contribution in [3.63, 3.8) is 0 Å². The van der Waals surface area contributed by atoms with Crippen LogP contribution in [-0.2, 0) is 4.79 Å². The van der Waals surface area contributed by atoms with E-state index in [2.05, 4.69) is 5.32 Å². The first kappa shape index (κ1) is 14.7. The highest BCUT2D eigenvalue weighted by Gasteiger charge is 2.28. The van der Waals surface area contributed by atoms with Crippen LogP contribution in [0, 0.1) is 0 Å². The van der Waals surface area contributed by atoms with E-state index in [0.717, 1.165) is 17.1 Å². The Morgan fingerprint density at radius 3 is 2.68 bits per heavy atom. The summed E-state index contributed by atoms with van der Waals surface area (Å²) in [5, 5.41) is 3.88. The van der Waals surface area contributed by atoms with Gasteiger partial charge in [0.15, 0.2) is 0 Å². The number of halogens is 1. The lowest BCUT2D eigenvalue weighted by atomic mass is 10.1. The molecule has 1 aliphatic rings. The Kier molecular flexibility index (Phi) is 4.20. The van der Waals surface area contributed by atoms with Gasteiger partial charge in [-0.15, -0.1) is 0 Å². The fourth-order valence-corrected chi connectivity index (χ4v) is 2.62. The number of nitrogens with one attached hydrogen (secondary N) is 1. The Morgan fingerprint density at radius 1 is 1.18 bits per heavy atom. The summed E-state index contributed by atoms with van der Waals surface area (Å²) in [6, 6.07) is 14.8. The predicted molar refractivity (Wildman–Crippen MR) is 88.8 cm³/mol. The highest BCUT2D eigenvalue weighted by molar-refractivity contribution is 6.30. The van der Waals surface area contributed by atoms with Gasteiger partial charge in [-0.3, -0.25) is 4.79 Å². The lowest BCUT2D eigenvalue weighted by molar-refractivity contribution is -0.119. The highest BCUT2D eigenvalue weighted by Crippen LogP contribution is 2.30. The summed E-state index contributed by atoms with van der Waals surface area (Å²) in [6.07, 6.45) is 0. The third-order valence-corrected chi connectivity index (χ3v) is 3.85. The van der Waals surface area contributed by atoms with Crippen LogP contribution in [0.4, 0.5) is 11.4 Å². The molecule has 0 aliphatic carbocycles. The number of fused-ring (bicyclic) bond motifs is 1. The molecule has 5 heteroatoms. The van der Waals surface area contributed by atoms with Gasteiger partial charge in [0, 0.05) is 5.02 Å². The molecule has 0 aromatic heterocycles. The third kappa shape index (κ3) is 3.02. The topological polar surface area (TPSA) is 41.6 Å². The van der Waals surface area contributed by atoms with Gasteiger partial charge >= 0.3 is 0 Å². The average Bonchev–Trinajstić information content (AvgIpc) is 2.53. The van der Waals surface area contributed by atoms with E-state index in [1.165, 1.54) is 0 Å². The van der Waals surface area contributed by atoms with Crippen LogP contribution in [0.5, 0.6) is 5.75 Å². The molecule has 1 heterocycles. The summed E-state index contributed by atoms with van der Waals surface area (Å²) in [5.74, 6) is 0.798. The van der Waals surface area contributed by atoms with Gasteiger partial charge in [-0.2, -0.15) is 0 Å². The van der Waals surface area contributed by atoms with Gasteiger partial charge in [-0.25, -0.2) is 0 Å². The standard InChI is InChI=1S/C17H17ClN2O2/c1-12-17(21)20(16-5-3-2-4-15(16)19-12)10-11-22-14-8-6-13(18)7-9-14/h2-9,12,19H,10-11H2,1H3. The number of nitrogens with zero attached hydrogens (tertiary/aromatic N) is 1. The number of rotatable bonds is 4. The molecular weight excluding hydrogens is 300 g/mol. The van der Waals surface area contributed by atoms with Crippen molar-refractivity contribution in [2.24, 2.45) is 0 Å². The summed E-state index contributed by atoms with van der Waals surface area (Å²) in [5.41, 5.74) is 1.87. The maximum atomic E-state index is 12.4. The third-order valence-electron chi connectivity index (χ3n) is 3.60. The van der Waals surface area contributed by atoms with E-state index >= 15 is 0 Å². The largest absolute Gasteiger partial charge is 0.492 e. The molecule has 1 N–H and O–H groups in total. The summed E-state index contributed by atoms with van der Waals surface area (Å²) in [6.45, 7) is 2.80. The molecule has 0 spiro atoms. The van der Waals surface area contributed by atoms with Crippen LogP contribution in [0.3, 0.4) is 0 Å². The van der Waals surface area contributed by atoms with Crippen LogP contribution in [0.2, 0.25) is 5.02 Å². The number of hydrogen-bond acceptors (Lipinski definition) is 3. The van der Waals surface area contributed by atoms with Crippen LogP contribution in [0.25, 0.3) is 0 Å². The Morgan fingerprint density at radius 2 is 1.91 bits per heavy atom. The SMILES string of the molecule is CC1Nc2ccccc2N(CCOc2ccc(Cl)cc2)C1=O. The van der Waals surface area contributed by atoms with Crippen molar-refractivity contribution in [3.8, 4) is 5.75 Å². The second-order valence-electron chi connectivity index (χ2n) is 5.18. The van der Waals surface area contributed by atoms with E-state index in [0.29, 0.717) is 18.2 Å². The van der Waals surface area contributed by atoms with E-state index in [1.54, 1.807) is 17.0 Å². The van der Waals surface area contributed by atoms with E-state index < -0.39 is 0 Å². The minimum atomic E-state index is -0.231. The summed E-state index contributed by atoms with van der Waals surface area (Å²) in [7, 11) is 0. The first-order valence-electron chi connectivity index (χ1n) is 7.20. The maximum Gasteiger partial charge on any atom is 0.249 e. The zero-order valence-corrected chi connectivity index (χ0v) is 13.0. The number of hydrogen-bond donors (Lipinski definition) is 1. The monoisotopic (exact) mass is 316 g/mol. The first-order valence-corrected chi connectivity index (χ1v) is 7.58. The Labute approximate surface area is 134 Å². The molecule has 22 heavy (non-hydrogen) atoms. The lowest BCUT2D eigenvalue weighted by Gasteiger charge is -2.33. The van der Waals surface area contributed by atoms with Crippen molar-refractivity contribution < 1.29 is 9.53 Å². The molecule has 1 amide bonds. The van der Waals surface area contributed by atoms with Gasteiger partial charge in [0.1, 0.15) is 18.4 Å². The van der Waals surface area contributed by atoms with Crippen LogP contribution in [0.1, 0.15) is 6.92 Å². The van der Waals surface area contributed by atoms with Crippen molar-refractivity contribution in [2.45, 2.75) is 13.0 Å². The molecule has 0 fully saturated rings. The molecule has 0 radical (unpaired) electrons. The van der Waals surface area contributed by atoms with Crippen molar-refractivity contribution in [3.05, 3.63) is 53.6 Å². The molecule has 4 nitrogen and oxygen atoms in total. The zero-order chi connectivity index (χ0) is 15.5. The van der Waals surface area contributed by atoms with Gasteiger partial charge in [0.05, 0.1) is 17.9 Å². The second kappa shape index (κ2) is 6.28. The number of para-hydroxylation sites is 2. The summed E-state index contributed by atoms with van der Waals surface area (Å²) < 4.78 is 5.69. The van der Waals surface area contributed by atoms with Crippen molar-refractivity contribution in [1.82, 2.24) is 0 Å². The molecular formula is C17H17ClN2O2. The van der Waals surface area contributed by atoms with Gasteiger partial charge in [0.25, 0.3) is 0 Å². The van der Waals surface area contributed by atoms with Crippen molar-refractivity contribution in [1.29, 1.82) is 0 Å². The minimum Gasteiger partial charge on any atom is -0.492 e. The maximum absolute atomic E-state index is 12.4. The van der Waals surface area contributed by atoms with Crippen LogP contribution < -0.4 is 15.0 Å². The molecule has 114 valence electrons. The second-order valence-corrected chi connectivity index (χ2v) is 5.61. The normalized spacial score (nSPS) is 16.9. The fourth-order valence-electron chi connectivity index (χ4n) is 2.49. The number of amides is 1. The number of carbonyl (C=O) groups is 1. The van der Waals surface area contributed by atoms with Gasteiger partial charge < -0.3 is 15.0 Å². The number of carbonyl (C=O) groups excluding carboxylic acids is 1. The quantitative estimate of drug-likeness (QED) is 0.937. The van der Waals surface area contributed by atoms with E-state index in [1.807, 2.05) is 43.3 Å². The molecule has 2 aromatic carbocycles. The molecule has 2 aromatic rings. The molecule has 0 saturated heterocycles. The van der Waals surface area contributed by atoms with Crippen LogP contribution >= 0.6 is 11.6 Å². The molecule has 0 saturated carbocycles. The first-order chi connectivity index (χ1) is 10.6. The molecule has 1 aliphatic heterocycles. The molecule has 0 bridgehead atoms. The van der Waals surface area contributed by atoms with Crippen molar-refractivity contribution >= 4 is 28.9 Å². The Hall–Kier alpha value is -2.20. The van der Waals surface area contributed by atoms with E-state index in [-0.39, 0.29) is 11.9 Å². The Balaban J connectivity index is 1.68. The van der Waals surface area contributed by atoms with E-state index in [9.17, 15) is 4.79 Å². The average molecular weight is 317 g/mol. The van der Waals surface area contributed by atoms with Gasteiger partial charge in [0.2, 0.25) is 5.91 Å². The fraction of sp³-hybridized carbons (Fsp3) is 0.235. The Bertz CT molecular complexity index is 673. The van der Waals surface area contributed by atoms with Crippen molar-refractivity contribution in [2.75, 3.05) is 23.4 Å². The number of benzene rings is 2. The smallest absolute Gasteiger partial charge is 0.249 e. The number of anilines is 2. The van der Waals surface area contributed by atoms with Gasteiger partial charge in [-0.1, -0.05) is 23.7 Å². The van der Waals surface area contributed by atoms with E-state index in [4.69, 9.17) is 16.3 Å². The molecule has 1 atom stereocenters. The highest BCUT2D eigenvalue weighted by atomic mass is 35.5. The van der Waals surface area contributed by atoms with Crippen LogP contribution in [-0.4, -0.2) is 25.1 Å². The zero-order valence-electron chi connectivity index (χ0n) is 12.3. The summed E-state index contributed by atoms with van der Waals surface area (Å²) >= 11 is 5.84. The van der Waals surface area contributed by atoms with Gasteiger partial charge in [-0.05, 0) is 43.3 Å². The summed E-state index contributed by atoms with van der Waals surface area (Å²) in [4.78, 5) is 14.1. The minimum absolute atomic E-state index is 0.0541. The predicted octanol–water partition coefficient (Wildman–Crippen LogP) is 3.57. The van der Waals surface area contributed by atoms with Crippen LogP contribution in [0.15, 0.2) is 48.5 Å². The molecule has 1 unspecified atom stereocenters. The number of ether oxygens (including phenoxy) is 1. The lowest BCUT2D eigenvalue weighted by Crippen LogP contribution is -2.47. The molecule has 3 rings (SSSR count).